The van der Waals surface area contributed by atoms with E-state index in [4.69, 9.17) is 9.84 Å². The summed E-state index contributed by atoms with van der Waals surface area (Å²) in [5, 5.41) is 14.5. The van der Waals surface area contributed by atoms with Crippen molar-refractivity contribution in [2.75, 3.05) is 13.2 Å². The zero-order valence-corrected chi connectivity index (χ0v) is 12.4. The number of hydrogen-bond donors (Lipinski definition) is 2. The van der Waals surface area contributed by atoms with Crippen LogP contribution in [0.25, 0.3) is 10.8 Å². The van der Waals surface area contributed by atoms with E-state index in [1.54, 1.807) is 6.92 Å². The number of ether oxygens (including phenoxy) is 1. The van der Waals surface area contributed by atoms with Crippen molar-refractivity contribution in [1.29, 1.82) is 0 Å². The second-order valence-electron chi connectivity index (χ2n) is 5.28. The number of hydrogen-bond acceptors (Lipinski definition) is 3. The normalized spacial score (nSPS) is 13.8. The van der Waals surface area contributed by atoms with Crippen LogP contribution in [0.5, 0.6) is 5.75 Å². The molecule has 0 radical (unpaired) electrons. The SMILES string of the molecule is CCC(C)(NCCOc1ccc2ccccc2c1)C(=O)O. The Morgan fingerprint density at radius 1 is 1.24 bits per heavy atom. The lowest BCUT2D eigenvalue weighted by atomic mass is 9.99. The second-order valence-corrected chi connectivity index (χ2v) is 5.28. The minimum absolute atomic E-state index is 0.432. The third-order valence-corrected chi connectivity index (χ3v) is 3.79. The summed E-state index contributed by atoms with van der Waals surface area (Å²) >= 11 is 0. The Morgan fingerprint density at radius 3 is 2.62 bits per heavy atom. The summed E-state index contributed by atoms with van der Waals surface area (Å²) in [6, 6.07) is 14.0. The van der Waals surface area contributed by atoms with Crippen molar-refractivity contribution in [3.8, 4) is 5.75 Å². The Hall–Kier alpha value is -2.07. The van der Waals surface area contributed by atoms with Gasteiger partial charge in [-0.15, -0.1) is 0 Å². The van der Waals surface area contributed by atoms with Crippen LogP contribution in [-0.4, -0.2) is 29.8 Å². The molecule has 2 N–H and O–H groups in total. The van der Waals surface area contributed by atoms with Crippen LogP contribution in [0.2, 0.25) is 0 Å². The maximum atomic E-state index is 11.2. The van der Waals surface area contributed by atoms with Gasteiger partial charge in [0.05, 0.1) is 0 Å². The molecule has 0 saturated heterocycles. The molecule has 0 heterocycles. The summed E-state index contributed by atoms with van der Waals surface area (Å²) in [7, 11) is 0. The van der Waals surface area contributed by atoms with Gasteiger partial charge in [-0.2, -0.15) is 0 Å². The molecule has 2 aromatic carbocycles. The zero-order valence-electron chi connectivity index (χ0n) is 12.4. The molecule has 0 saturated carbocycles. The first-order valence-corrected chi connectivity index (χ1v) is 7.15. The summed E-state index contributed by atoms with van der Waals surface area (Å²) in [6.45, 7) is 4.46. The Bertz CT molecular complexity index is 626. The van der Waals surface area contributed by atoms with Gasteiger partial charge in [0.1, 0.15) is 17.9 Å². The van der Waals surface area contributed by atoms with Gasteiger partial charge < -0.3 is 9.84 Å². The molecule has 4 heteroatoms. The fourth-order valence-corrected chi connectivity index (χ4v) is 2.10. The van der Waals surface area contributed by atoms with Crippen molar-refractivity contribution >= 4 is 16.7 Å². The Balaban J connectivity index is 1.89. The Kier molecular flexibility index (Phi) is 4.81. The number of aliphatic carboxylic acids is 1. The molecule has 4 nitrogen and oxygen atoms in total. The first-order valence-electron chi connectivity index (χ1n) is 7.15. The third kappa shape index (κ3) is 3.73. The van der Waals surface area contributed by atoms with E-state index in [1.165, 1.54) is 5.39 Å². The van der Waals surface area contributed by atoms with Crippen LogP contribution in [0, 0.1) is 0 Å². The minimum Gasteiger partial charge on any atom is -0.492 e. The maximum Gasteiger partial charge on any atom is 0.323 e. The van der Waals surface area contributed by atoms with Crippen LogP contribution in [0.15, 0.2) is 42.5 Å². The molecule has 112 valence electrons. The van der Waals surface area contributed by atoms with Crippen molar-refractivity contribution in [1.82, 2.24) is 5.32 Å². The first kappa shape index (κ1) is 15.3. The highest BCUT2D eigenvalue weighted by atomic mass is 16.5. The van der Waals surface area contributed by atoms with Crippen molar-refractivity contribution in [3.05, 3.63) is 42.5 Å². The molecule has 2 aromatic rings. The second kappa shape index (κ2) is 6.59. The van der Waals surface area contributed by atoms with Crippen molar-refractivity contribution in [3.63, 3.8) is 0 Å². The monoisotopic (exact) mass is 287 g/mol. The van der Waals surface area contributed by atoms with E-state index in [9.17, 15) is 4.79 Å². The van der Waals surface area contributed by atoms with Crippen LogP contribution in [-0.2, 0) is 4.79 Å². The molecule has 0 spiro atoms. The van der Waals surface area contributed by atoms with Crippen molar-refractivity contribution in [2.24, 2.45) is 0 Å². The van der Waals surface area contributed by atoms with E-state index >= 15 is 0 Å². The van der Waals surface area contributed by atoms with E-state index in [2.05, 4.69) is 11.4 Å². The molecular weight excluding hydrogens is 266 g/mol. The fraction of sp³-hybridized carbons (Fsp3) is 0.353. The van der Waals surface area contributed by atoms with E-state index in [1.807, 2.05) is 43.3 Å². The number of nitrogens with one attached hydrogen (secondary N) is 1. The molecule has 0 aliphatic heterocycles. The van der Waals surface area contributed by atoms with Gasteiger partial charge in [-0.05, 0) is 36.2 Å². The van der Waals surface area contributed by atoms with Crippen molar-refractivity contribution in [2.45, 2.75) is 25.8 Å². The highest BCUT2D eigenvalue weighted by Gasteiger charge is 2.29. The lowest BCUT2D eigenvalue weighted by Gasteiger charge is -2.24. The van der Waals surface area contributed by atoms with Gasteiger partial charge in [0, 0.05) is 6.54 Å². The number of rotatable bonds is 7. The van der Waals surface area contributed by atoms with E-state index in [0.29, 0.717) is 19.6 Å². The largest absolute Gasteiger partial charge is 0.492 e. The number of carbonyl (C=O) groups is 1. The summed E-state index contributed by atoms with van der Waals surface area (Å²) in [5.41, 5.74) is -0.896. The molecular formula is C17H21NO3. The predicted octanol–water partition coefficient (Wildman–Crippen LogP) is 3.06. The molecule has 2 rings (SSSR count). The molecule has 1 atom stereocenters. The average molecular weight is 287 g/mol. The molecule has 0 bridgehead atoms. The molecule has 1 unspecified atom stereocenters. The van der Waals surface area contributed by atoms with E-state index in [0.717, 1.165) is 11.1 Å². The van der Waals surface area contributed by atoms with E-state index < -0.39 is 11.5 Å². The highest BCUT2D eigenvalue weighted by Crippen LogP contribution is 2.20. The summed E-state index contributed by atoms with van der Waals surface area (Å²) in [6.07, 6.45) is 0.526. The van der Waals surface area contributed by atoms with Crippen LogP contribution in [0.3, 0.4) is 0 Å². The van der Waals surface area contributed by atoms with Gasteiger partial charge in [0.25, 0.3) is 0 Å². The summed E-state index contributed by atoms with van der Waals surface area (Å²) < 4.78 is 5.68. The van der Waals surface area contributed by atoms with Crippen LogP contribution in [0.1, 0.15) is 20.3 Å². The van der Waals surface area contributed by atoms with Gasteiger partial charge in [0.15, 0.2) is 0 Å². The zero-order chi connectivity index (χ0) is 15.3. The van der Waals surface area contributed by atoms with Gasteiger partial charge >= 0.3 is 5.97 Å². The number of carboxylic acid groups (broad SMARTS) is 1. The van der Waals surface area contributed by atoms with Crippen LogP contribution >= 0.6 is 0 Å². The van der Waals surface area contributed by atoms with Crippen LogP contribution < -0.4 is 10.1 Å². The van der Waals surface area contributed by atoms with Crippen LogP contribution in [0.4, 0.5) is 0 Å². The summed E-state index contributed by atoms with van der Waals surface area (Å²) in [5.74, 6) is -0.0419. The van der Waals surface area contributed by atoms with Gasteiger partial charge in [-0.3, -0.25) is 10.1 Å². The predicted molar refractivity (Wildman–Crippen MR) is 83.8 cm³/mol. The van der Waals surface area contributed by atoms with Crippen molar-refractivity contribution < 1.29 is 14.6 Å². The lowest BCUT2D eigenvalue weighted by molar-refractivity contribution is -0.144. The number of fused-ring (bicyclic) bond motifs is 1. The number of benzene rings is 2. The average Bonchev–Trinajstić information content (AvgIpc) is 2.51. The quantitative estimate of drug-likeness (QED) is 0.768. The molecule has 0 amide bonds. The molecule has 0 aliphatic rings. The molecule has 21 heavy (non-hydrogen) atoms. The van der Waals surface area contributed by atoms with Gasteiger partial charge in [-0.1, -0.05) is 37.3 Å². The molecule has 0 aromatic heterocycles. The topological polar surface area (TPSA) is 58.6 Å². The van der Waals surface area contributed by atoms with Gasteiger partial charge in [-0.25, -0.2) is 0 Å². The third-order valence-electron chi connectivity index (χ3n) is 3.79. The smallest absolute Gasteiger partial charge is 0.323 e. The highest BCUT2D eigenvalue weighted by molar-refractivity contribution is 5.83. The molecule has 0 fully saturated rings. The van der Waals surface area contributed by atoms with E-state index in [-0.39, 0.29) is 0 Å². The maximum absolute atomic E-state index is 11.2. The lowest BCUT2D eigenvalue weighted by Crippen LogP contribution is -2.50. The Labute approximate surface area is 124 Å². The Morgan fingerprint density at radius 2 is 1.95 bits per heavy atom. The fourth-order valence-electron chi connectivity index (χ4n) is 2.10. The first-order chi connectivity index (χ1) is 10.0. The molecule has 0 aliphatic carbocycles. The number of carboxylic acids is 1. The minimum atomic E-state index is -0.896. The summed E-state index contributed by atoms with van der Waals surface area (Å²) in [4.78, 5) is 11.2. The standard InChI is InChI=1S/C17H21NO3/c1-3-17(2,16(19)20)18-10-11-21-15-9-8-13-6-4-5-7-14(13)12-15/h4-9,12,18H,3,10-11H2,1-2H3,(H,19,20). The van der Waals surface area contributed by atoms with Gasteiger partial charge in [0.2, 0.25) is 0 Å².